The molecule has 0 fully saturated rings. The summed E-state index contributed by atoms with van der Waals surface area (Å²) in [4.78, 5) is 16.9. The number of carbonyl (C=O) groups is 1. The van der Waals surface area contributed by atoms with E-state index >= 15 is 0 Å². The first kappa shape index (κ1) is 19.6. The van der Waals surface area contributed by atoms with Crippen molar-refractivity contribution in [1.82, 2.24) is 10.3 Å². The number of carbonyl (C=O) groups excluding carboxylic acids is 1. The molecule has 7 heteroatoms. The molecule has 0 atom stereocenters. The number of aromatic nitrogens is 1. The standard InChI is InChI=1S/C23H19N3O3S/c1-14-6-8-15(9-7-14)22-25-19-13-17(10-11-20(19)29-22)24-23(30)26-21(27)16-4-3-5-18(12-16)28-2/h3-13H,1-2H3,(H2,24,26,27,30). The number of hydrogen-bond donors (Lipinski definition) is 2. The number of rotatable bonds is 4. The van der Waals surface area contributed by atoms with E-state index in [2.05, 4.69) is 15.6 Å². The van der Waals surface area contributed by atoms with Gasteiger partial charge in [-0.3, -0.25) is 10.1 Å². The van der Waals surface area contributed by atoms with Crippen LogP contribution in [-0.2, 0) is 0 Å². The quantitative estimate of drug-likeness (QED) is 0.458. The number of anilines is 1. The molecular weight excluding hydrogens is 398 g/mol. The Bertz CT molecular complexity index is 1230. The molecule has 0 radical (unpaired) electrons. The van der Waals surface area contributed by atoms with E-state index in [1.165, 1.54) is 5.56 Å². The number of hydrogen-bond acceptors (Lipinski definition) is 5. The van der Waals surface area contributed by atoms with Gasteiger partial charge < -0.3 is 14.5 Å². The normalized spacial score (nSPS) is 10.6. The predicted molar refractivity (Wildman–Crippen MR) is 121 cm³/mol. The van der Waals surface area contributed by atoms with Gasteiger partial charge in [0.2, 0.25) is 5.89 Å². The van der Waals surface area contributed by atoms with Crippen LogP contribution in [-0.4, -0.2) is 23.1 Å². The number of thiocarbonyl (C=S) groups is 1. The average Bonchev–Trinajstić information content (AvgIpc) is 3.17. The molecule has 6 nitrogen and oxygen atoms in total. The molecule has 0 spiro atoms. The van der Waals surface area contributed by atoms with Crippen LogP contribution in [0.25, 0.3) is 22.6 Å². The summed E-state index contributed by atoms with van der Waals surface area (Å²) in [5.74, 6) is 0.828. The van der Waals surface area contributed by atoms with Crippen molar-refractivity contribution in [3.8, 4) is 17.2 Å². The second-order valence-electron chi connectivity index (χ2n) is 6.71. The van der Waals surface area contributed by atoms with Gasteiger partial charge in [-0.05, 0) is 67.7 Å². The molecule has 0 aliphatic rings. The highest BCUT2D eigenvalue weighted by Crippen LogP contribution is 2.26. The lowest BCUT2D eigenvalue weighted by Crippen LogP contribution is -2.34. The van der Waals surface area contributed by atoms with Gasteiger partial charge in [0.15, 0.2) is 10.7 Å². The highest BCUT2D eigenvalue weighted by molar-refractivity contribution is 7.80. The van der Waals surface area contributed by atoms with Crippen molar-refractivity contribution in [1.29, 1.82) is 0 Å². The van der Waals surface area contributed by atoms with E-state index in [9.17, 15) is 4.79 Å². The van der Waals surface area contributed by atoms with Crippen molar-refractivity contribution >= 4 is 40.0 Å². The summed E-state index contributed by atoms with van der Waals surface area (Å²) in [6.45, 7) is 2.03. The lowest BCUT2D eigenvalue weighted by atomic mass is 10.1. The Hall–Kier alpha value is -3.71. The Morgan fingerprint density at radius 1 is 1.07 bits per heavy atom. The number of amides is 1. The van der Waals surface area contributed by atoms with Crippen LogP contribution in [0.5, 0.6) is 5.75 Å². The number of methoxy groups -OCH3 is 1. The van der Waals surface area contributed by atoms with Gasteiger partial charge in [-0.15, -0.1) is 0 Å². The maximum atomic E-state index is 12.4. The van der Waals surface area contributed by atoms with E-state index in [1.54, 1.807) is 31.4 Å². The highest BCUT2D eigenvalue weighted by Gasteiger charge is 2.11. The number of oxazole rings is 1. The van der Waals surface area contributed by atoms with E-state index in [-0.39, 0.29) is 11.0 Å². The number of nitrogens with one attached hydrogen (secondary N) is 2. The fraction of sp³-hybridized carbons (Fsp3) is 0.0870. The zero-order valence-corrected chi connectivity index (χ0v) is 17.2. The van der Waals surface area contributed by atoms with Gasteiger partial charge >= 0.3 is 0 Å². The van der Waals surface area contributed by atoms with Crippen molar-refractivity contribution in [3.63, 3.8) is 0 Å². The van der Waals surface area contributed by atoms with Crippen LogP contribution in [0.3, 0.4) is 0 Å². The van der Waals surface area contributed by atoms with Gasteiger partial charge in [0, 0.05) is 16.8 Å². The van der Waals surface area contributed by atoms with Crippen LogP contribution >= 0.6 is 12.2 Å². The zero-order valence-electron chi connectivity index (χ0n) is 16.4. The number of aryl methyl sites for hydroxylation is 1. The number of nitrogens with zero attached hydrogens (tertiary/aromatic N) is 1. The molecular formula is C23H19N3O3S. The number of ether oxygens (including phenoxy) is 1. The van der Waals surface area contributed by atoms with Crippen molar-refractivity contribution in [3.05, 3.63) is 77.9 Å². The van der Waals surface area contributed by atoms with Crippen LogP contribution < -0.4 is 15.4 Å². The molecule has 0 unspecified atom stereocenters. The Kier molecular flexibility index (Phi) is 5.45. The molecule has 1 aromatic heterocycles. The van der Waals surface area contributed by atoms with Gasteiger partial charge in [-0.25, -0.2) is 4.98 Å². The monoisotopic (exact) mass is 417 g/mol. The predicted octanol–water partition coefficient (Wildman–Crippen LogP) is 4.94. The van der Waals surface area contributed by atoms with E-state index in [1.807, 2.05) is 49.4 Å². The van der Waals surface area contributed by atoms with Gasteiger partial charge in [0.25, 0.3) is 5.91 Å². The van der Waals surface area contributed by atoms with Crippen molar-refractivity contribution < 1.29 is 13.9 Å². The molecule has 4 rings (SSSR count). The summed E-state index contributed by atoms with van der Waals surface area (Å²) in [5.41, 5.74) is 4.59. The maximum absolute atomic E-state index is 12.4. The molecule has 0 aliphatic carbocycles. The van der Waals surface area contributed by atoms with Crippen LogP contribution in [0, 0.1) is 6.92 Å². The highest BCUT2D eigenvalue weighted by atomic mass is 32.1. The minimum atomic E-state index is -0.324. The summed E-state index contributed by atoms with van der Waals surface area (Å²) in [7, 11) is 1.55. The first-order valence-corrected chi connectivity index (χ1v) is 9.67. The smallest absolute Gasteiger partial charge is 0.257 e. The molecule has 0 saturated carbocycles. The summed E-state index contributed by atoms with van der Waals surface area (Å²) in [6.07, 6.45) is 0. The minimum absolute atomic E-state index is 0.185. The Morgan fingerprint density at radius 2 is 1.87 bits per heavy atom. The third-order valence-electron chi connectivity index (χ3n) is 4.50. The molecule has 0 aliphatic heterocycles. The molecule has 3 aromatic carbocycles. The maximum Gasteiger partial charge on any atom is 0.257 e. The third kappa shape index (κ3) is 4.31. The van der Waals surface area contributed by atoms with Crippen molar-refractivity contribution in [2.45, 2.75) is 6.92 Å². The molecule has 4 aromatic rings. The van der Waals surface area contributed by atoms with Gasteiger partial charge in [-0.2, -0.15) is 0 Å². The molecule has 30 heavy (non-hydrogen) atoms. The summed E-state index contributed by atoms with van der Waals surface area (Å²) >= 11 is 5.27. The first-order chi connectivity index (χ1) is 14.5. The zero-order chi connectivity index (χ0) is 21.1. The lowest BCUT2D eigenvalue weighted by molar-refractivity contribution is 0.0977. The van der Waals surface area contributed by atoms with E-state index in [4.69, 9.17) is 21.4 Å². The summed E-state index contributed by atoms with van der Waals surface area (Å²) in [6, 6.07) is 20.3. The lowest BCUT2D eigenvalue weighted by Gasteiger charge is -2.10. The molecule has 1 amide bonds. The van der Waals surface area contributed by atoms with Gasteiger partial charge in [-0.1, -0.05) is 23.8 Å². The number of benzene rings is 3. The number of fused-ring (bicyclic) bond motifs is 1. The van der Waals surface area contributed by atoms with E-state index in [0.29, 0.717) is 34.0 Å². The largest absolute Gasteiger partial charge is 0.497 e. The third-order valence-corrected chi connectivity index (χ3v) is 4.71. The SMILES string of the molecule is COc1cccc(C(=O)NC(=S)Nc2ccc3oc(-c4ccc(C)cc4)nc3c2)c1. The Morgan fingerprint density at radius 3 is 2.63 bits per heavy atom. The summed E-state index contributed by atoms with van der Waals surface area (Å²) < 4.78 is 11.0. The van der Waals surface area contributed by atoms with Gasteiger partial charge in [0.1, 0.15) is 11.3 Å². The van der Waals surface area contributed by atoms with Crippen LogP contribution in [0.2, 0.25) is 0 Å². The van der Waals surface area contributed by atoms with E-state index in [0.717, 1.165) is 5.56 Å². The second-order valence-corrected chi connectivity index (χ2v) is 7.12. The Labute approximate surface area is 178 Å². The second kappa shape index (κ2) is 8.34. The molecule has 0 saturated heterocycles. The minimum Gasteiger partial charge on any atom is -0.497 e. The Balaban J connectivity index is 1.47. The molecule has 0 bridgehead atoms. The van der Waals surface area contributed by atoms with Crippen LogP contribution in [0.1, 0.15) is 15.9 Å². The topological polar surface area (TPSA) is 76.4 Å². The van der Waals surface area contributed by atoms with Gasteiger partial charge in [0.05, 0.1) is 7.11 Å². The van der Waals surface area contributed by atoms with Crippen molar-refractivity contribution in [2.75, 3.05) is 12.4 Å². The van der Waals surface area contributed by atoms with Crippen molar-refractivity contribution in [2.24, 2.45) is 0 Å². The average molecular weight is 417 g/mol. The fourth-order valence-electron chi connectivity index (χ4n) is 2.93. The summed E-state index contributed by atoms with van der Waals surface area (Å²) in [5, 5.41) is 5.85. The van der Waals surface area contributed by atoms with Crippen LogP contribution in [0.15, 0.2) is 71.1 Å². The fourth-order valence-corrected chi connectivity index (χ4v) is 3.14. The van der Waals surface area contributed by atoms with E-state index < -0.39 is 0 Å². The molecule has 150 valence electrons. The van der Waals surface area contributed by atoms with Crippen LogP contribution in [0.4, 0.5) is 5.69 Å². The first-order valence-electron chi connectivity index (χ1n) is 9.26. The molecule has 1 heterocycles. The molecule has 2 N–H and O–H groups in total.